The lowest BCUT2D eigenvalue weighted by Gasteiger charge is -1.84. The van der Waals surface area contributed by atoms with Gasteiger partial charge in [-0.15, -0.1) is 4.90 Å². The van der Waals surface area contributed by atoms with E-state index >= 15 is 0 Å². The maximum atomic E-state index is 9.77. The van der Waals surface area contributed by atoms with Crippen molar-refractivity contribution in [2.24, 2.45) is 0 Å². The van der Waals surface area contributed by atoms with Gasteiger partial charge in [0.05, 0.1) is 11.3 Å². The molecule has 0 radical (unpaired) electrons. The molecule has 1 saturated heterocycles. The molecule has 0 unspecified atom stereocenters. The number of nitrogens with zero attached hydrogens (tertiary/aromatic N) is 1. The van der Waals surface area contributed by atoms with Crippen molar-refractivity contribution in [3.63, 3.8) is 0 Å². The fourth-order valence-corrected chi connectivity index (χ4v) is 0.585. The topological polar surface area (TPSA) is 32.3 Å². The van der Waals surface area contributed by atoms with E-state index in [-0.39, 0.29) is 0 Å². The number of hydrogen-bond donors (Lipinski definition) is 1. The molecule has 1 rings (SSSR count). The zero-order valence-corrected chi connectivity index (χ0v) is 3.98. The molecule has 1 heterocycles. The molecule has 0 aromatic rings. The van der Waals surface area contributed by atoms with E-state index in [4.69, 9.17) is 0 Å². The molecule has 0 saturated carbocycles. The van der Waals surface area contributed by atoms with Gasteiger partial charge in [0.1, 0.15) is 6.67 Å². The Labute approximate surface area is 42.3 Å². The van der Waals surface area contributed by atoms with Crippen LogP contribution in [0.5, 0.6) is 0 Å². The highest BCUT2D eigenvalue weighted by Crippen LogP contribution is 1.83. The lowest BCUT2D eigenvalue weighted by molar-refractivity contribution is 0.437. The van der Waals surface area contributed by atoms with Crippen LogP contribution in [0.3, 0.4) is 0 Å². The van der Waals surface area contributed by atoms with Crippen molar-refractivity contribution < 1.29 is 4.79 Å². The van der Waals surface area contributed by atoms with Crippen LogP contribution in [0.25, 0.3) is 0 Å². The van der Waals surface area contributed by atoms with Gasteiger partial charge in [0.2, 0.25) is 0 Å². The van der Waals surface area contributed by atoms with Gasteiger partial charge in [-0.05, 0) is 0 Å². The summed E-state index contributed by atoms with van der Waals surface area (Å²) in [5, 5.41) is 2.99. The molecule has 1 amide bonds. The molecular formula is C4H7N2O+. The summed E-state index contributed by atoms with van der Waals surface area (Å²) >= 11 is 0. The minimum atomic E-state index is 0.670. The Kier molecular flexibility index (Phi) is 1.20. The SMILES string of the molecule is O=[C+]N1CCNC1. The van der Waals surface area contributed by atoms with E-state index in [1.807, 2.05) is 0 Å². The van der Waals surface area contributed by atoms with Gasteiger partial charge in [-0.25, -0.2) is 0 Å². The van der Waals surface area contributed by atoms with Crippen LogP contribution >= 0.6 is 0 Å². The summed E-state index contributed by atoms with van der Waals surface area (Å²) in [5.74, 6) is 0. The van der Waals surface area contributed by atoms with Crippen molar-refractivity contribution in [2.45, 2.75) is 0 Å². The van der Waals surface area contributed by atoms with Crippen LogP contribution < -0.4 is 5.32 Å². The standard InChI is InChI=1S/C4H7N2O/c7-4-6-2-1-5-3-6/h5H,1-3H2/q+1. The third-order valence-corrected chi connectivity index (χ3v) is 0.990. The Morgan fingerprint density at radius 1 is 1.71 bits per heavy atom. The first-order valence-electron chi connectivity index (χ1n) is 2.27. The van der Waals surface area contributed by atoms with Crippen molar-refractivity contribution in [2.75, 3.05) is 19.8 Å². The van der Waals surface area contributed by atoms with E-state index < -0.39 is 0 Å². The second-order valence-electron chi connectivity index (χ2n) is 1.51. The Hall–Kier alpha value is -0.660. The van der Waals surface area contributed by atoms with Crippen LogP contribution in [0.2, 0.25) is 0 Å². The van der Waals surface area contributed by atoms with Gasteiger partial charge in [0.25, 0.3) is 0 Å². The molecule has 1 aliphatic rings. The number of nitrogens with one attached hydrogen (secondary N) is 1. The average molecular weight is 99.1 g/mol. The third kappa shape index (κ3) is 0.856. The van der Waals surface area contributed by atoms with Gasteiger partial charge in [-0.3, -0.25) is 5.32 Å². The van der Waals surface area contributed by atoms with Crippen molar-refractivity contribution >= 4 is 6.41 Å². The summed E-state index contributed by atoms with van der Waals surface area (Å²) in [4.78, 5) is 11.3. The van der Waals surface area contributed by atoms with E-state index in [0.29, 0.717) is 6.67 Å². The van der Waals surface area contributed by atoms with Gasteiger partial charge in [-0.1, -0.05) is 0 Å². The molecule has 38 valence electrons. The molecule has 0 aliphatic carbocycles. The fourth-order valence-electron chi connectivity index (χ4n) is 0.585. The van der Waals surface area contributed by atoms with Crippen LogP contribution in [0.15, 0.2) is 0 Å². The number of carbonyl (C=O) groups excluding carboxylic acids is 1. The second-order valence-corrected chi connectivity index (χ2v) is 1.51. The first-order chi connectivity index (χ1) is 3.43. The smallest absolute Gasteiger partial charge is 0.294 e. The van der Waals surface area contributed by atoms with Gasteiger partial charge in [-0.2, -0.15) is 0 Å². The van der Waals surface area contributed by atoms with Crippen LogP contribution in [-0.2, 0) is 4.79 Å². The number of amides is 1. The van der Waals surface area contributed by atoms with E-state index in [2.05, 4.69) is 5.32 Å². The molecule has 3 heteroatoms. The van der Waals surface area contributed by atoms with Crippen LogP contribution in [0.4, 0.5) is 0 Å². The molecule has 0 aromatic heterocycles. The lowest BCUT2D eigenvalue weighted by atomic mass is 10.7. The molecular weight excluding hydrogens is 92.1 g/mol. The van der Waals surface area contributed by atoms with Crippen molar-refractivity contribution in [1.29, 1.82) is 0 Å². The summed E-state index contributed by atoms with van der Waals surface area (Å²) in [5.41, 5.74) is 0. The van der Waals surface area contributed by atoms with Gasteiger partial charge in [0, 0.05) is 6.54 Å². The molecule has 1 aliphatic heterocycles. The normalized spacial score (nSPS) is 19.7. The predicted molar refractivity (Wildman–Crippen MR) is 25.3 cm³/mol. The first kappa shape index (κ1) is 4.50. The summed E-state index contributed by atoms with van der Waals surface area (Å²) in [6.07, 6.45) is 1.78. The van der Waals surface area contributed by atoms with E-state index in [9.17, 15) is 4.79 Å². The fraction of sp³-hybridized carbons (Fsp3) is 0.750. The monoisotopic (exact) mass is 99.1 g/mol. The van der Waals surface area contributed by atoms with Crippen molar-refractivity contribution in [1.82, 2.24) is 10.2 Å². The first-order valence-corrected chi connectivity index (χ1v) is 2.27. The Morgan fingerprint density at radius 3 is 2.86 bits per heavy atom. The molecule has 0 spiro atoms. The zero-order chi connectivity index (χ0) is 5.11. The molecule has 0 atom stereocenters. The van der Waals surface area contributed by atoms with Gasteiger partial charge < -0.3 is 0 Å². The largest absolute Gasteiger partial charge is 0.668 e. The van der Waals surface area contributed by atoms with E-state index in [0.717, 1.165) is 13.1 Å². The Bertz CT molecular complexity index is 68.1. The second kappa shape index (κ2) is 1.87. The van der Waals surface area contributed by atoms with Crippen LogP contribution in [0.1, 0.15) is 0 Å². The molecule has 7 heavy (non-hydrogen) atoms. The highest BCUT2D eigenvalue weighted by Gasteiger charge is 2.19. The molecule has 3 nitrogen and oxygen atoms in total. The Morgan fingerprint density at radius 2 is 2.57 bits per heavy atom. The summed E-state index contributed by atoms with van der Waals surface area (Å²) < 4.78 is 0. The molecule has 1 fully saturated rings. The quantitative estimate of drug-likeness (QED) is 0.424. The van der Waals surface area contributed by atoms with E-state index in [1.54, 1.807) is 11.3 Å². The summed E-state index contributed by atoms with van der Waals surface area (Å²) in [6, 6.07) is 0. The minimum Gasteiger partial charge on any atom is -0.294 e. The maximum Gasteiger partial charge on any atom is 0.668 e. The van der Waals surface area contributed by atoms with Crippen molar-refractivity contribution in [3.8, 4) is 0 Å². The molecule has 0 bridgehead atoms. The minimum absolute atomic E-state index is 0.670. The number of rotatable bonds is 1. The molecule has 0 aromatic carbocycles. The van der Waals surface area contributed by atoms with E-state index in [1.165, 1.54) is 0 Å². The van der Waals surface area contributed by atoms with Crippen LogP contribution in [-0.4, -0.2) is 31.1 Å². The maximum absolute atomic E-state index is 9.77. The average Bonchev–Trinajstić information content (AvgIpc) is 2.14. The lowest BCUT2D eigenvalue weighted by Crippen LogP contribution is -2.19. The highest BCUT2D eigenvalue weighted by atomic mass is 16.1. The van der Waals surface area contributed by atoms with Gasteiger partial charge >= 0.3 is 6.41 Å². The van der Waals surface area contributed by atoms with Gasteiger partial charge in [0.15, 0.2) is 0 Å². The third-order valence-electron chi connectivity index (χ3n) is 0.990. The zero-order valence-electron chi connectivity index (χ0n) is 3.98. The highest BCUT2D eigenvalue weighted by molar-refractivity contribution is 5.48. The predicted octanol–water partition coefficient (Wildman–Crippen LogP) is -1.08. The van der Waals surface area contributed by atoms with Crippen molar-refractivity contribution in [3.05, 3.63) is 0 Å². The number of hydrogen-bond acceptors (Lipinski definition) is 2. The van der Waals surface area contributed by atoms with Crippen LogP contribution in [0, 0.1) is 0 Å². The summed E-state index contributed by atoms with van der Waals surface area (Å²) in [7, 11) is 0. The Balaban J connectivity index is 2.26. The molecule has 1 N–H and O–H groups in total. The summed E-state index contributed by atoms with van der Waals surface area (Å²) in [6.45, 7) is 2.39.